The molecule has 0 aromatic heterocycles. The van der Waals surface area contributed by atoms with Gasteiger partial charge in [0, 0.05) is 25.7 Å². The Bertz CT molecular complexity index is 502. The average molecular weight is 301 g/mol. The van der Waals surface area contributed by atoms with Crippen molar-refractivity contribution in [3.8, 4) is 0 Å². The van der Waals surface area contributed by atoms with Gasteiger partial charge in [0.15, 0.2) is 0 Å². The second-order valence-electron chi connectivity index (χ2n) is 6.79. The van der Waals surface area contributed by atoms with Crippen molar-refractivity contribution in [2.45, 2.75) is 44.8 Å². The van der Waals surface area contributed by atoms with Crippen LogP contribution < -0.4 is 5.73 Å². The molecule has 0 radical (unpaired) electrons. The molecular weight excluding hydrogens is 274 g/mol. The van der Waals surface area contributed by atoms with Gasteiger partial charge in [-0.05, 0) is 44.2 Å². The van der Waals surface area contributed by atoms with E-state index in [1.165, 1.54) is 24.9 Å². The number of benzene rings is 1. The molecule has 2 saturated heterocycles. The van der Waals surface area contributed by atoms with Crippen molar-refractivity contribution in [2.24, 2.45) is 11.7 Å². The lowest BCUT2D eigenvalue weighted by Gasteiger charge is -2.47. The number of piperidine rings is 2. The van der Waals surface area contributed by atoms with Gasteiger partial charge in [-0.3, -0.25) is 9.69 Å². The van der Waals surface area contributed by atoms with E-state index < -0.39 is 0 Å². The van der Waals surface area contributed by atoms with E-state index in [0.717, 1.165) is 26.1 Å². The van der Waals surface area contributed by atoms with Gasteiger partial charge in [-0.25, -0.2) is 0 Å². The van der Waals surface area contributed by atoms with Gasteiger partial charge in [0.05, 0.1) is 6.04 Å². The molecule has 0 saturated carbocycles. The molecule has 1 aromatic carbocycles. The summed E-state index contributed by atoms with van der Waals surface area (Å²) in [6.07, 6.45) is 3.54. The van der Waals surface area contributed by atoms with Crippen molar-refractivity contribution in [3.63, 3.8) is 0 Å². The summed E-state index contributed by atoms with van der Waals surface area (Å²) in [4.78, 5) is 16.7. The van der Waals surface area contributed by atoms with Crippen molar-refractivity contribution in [1.29, 1.82) is 0 Å². The molecule has 3 rings (SSSR count). The predicted octanol–water partition coefficient (Wildman–Crippen LogP) is 1.85. The van der Waals surface area contributed by atoms with Crippen molar-refractivity contribution < 1.29 is 4.79 Å². The largest absolute Gasteiger partial charge is 0.341 e. The Morgan fingerprint density at radius 1 is 1.27 bits per heavy atom. The summed E-state index contributed by atoms with van der Waals surface area (Å²) in [5.41, 5.74) is 7.15. The molecule has 0 aliphatic carbocycles. The van der Waals surface area contributed by atoms with Crippen LogP contribution in [0.5, 0.6) is 0 Å². The monoisotopic (exact) mass is 301 g/mol. The van der Waals surface area contributed by atoms with E-state index in [2.05, 4.69) is 35.2 Å². The minimum Gasteiger partial charge on any atom is -0.341 e. The lowest BCUT2D eigenvalue weighted by Crippen LogP contribution is -2.56. The van der Waals surface area contributed by atoms with Crippen LogP contribution in [0.3, 0.4) is 0 Å². The highest BCUT2D eigenvalue weighted by Gasteiger charge is 2.37. The summed E-state index contributed by atoms with van der Waals surface area (Å²) in [6.45, 7) is 5.74. The number of hydrogen-bond donors (Lipinski definition) is 1. The van der Waals surface area contributed by atoms with E-state index in [1.807, 2.05) is 4.90 Å². The summed E-state index contributed by atoms with van der Waals surface area (Å²) in [5.74, 6) is 0.715. The number of fused-ring (bicyclic) bond motifs is 1. The van der Waals surface area contributed by atoms with Crippen LogP contribution in [0, 0.1) is 5.92 Å². The third-order valence-corrected chi connectivity index (χ3v) is 5.11. The van der Waals surface area contributed by atoms with Crippen LogP contribution in [-0.2, 0) is 11.3 Å². The number of rotatable bonds is 3. The normalized spacial score (nSPS) is 27.3. The fourth-order valence-corrected chi connectivity index (χ4v) is 4.01. The zero-order chi connectivity index (χ0) is 15.5. The molecule has 4 heteroatoms. The van der Waals surface area contributed by atoms with E-state index in [-0.39, 0.29) is 11.9 Å². The highest BCUT2D eigenvalue weighted by Crippen LogP contribution is 2.31. The van der Waals surface area contributed by atoms with Gasteiger partial charge >= 0.3 is 0 Å². The maximum atomic E-state index is 12.1. The minimum atomic E-state index is -0.374. The van der Waals surface area contributed by atoms with Gasteiger partial charge in [-0.15, -0.1) is 0 Å². The molecule has 2 aliphatic heterocycles. The molecule has 2 N–H and O–H groups in total. The quantitative estimate of drug-likeness (QED) is 0.927. The second kappa shape index (κ2) is 6.80. The van der Waals surface area contributed by atoms with Crippen LogP contribution in [-0.4, -0.2) is 47.4 Å². The molecule has 3 atom stereocenters. The molecule has 1 aromatic rings. The first-order chi connectivity index (χ1) is 10.6. The summed E-state index contributed by atoms with van der Waals surface area (Å²) in [6, 6.07) is 10.9. The van der Waals surface area contributed by atoms with Crippen molar-refractivity contribution in [3.05, 3.63) is 35.9 Å². The Kier molecular flexibility index (Phi) is 4.79. The van der Waals surface area contributed by atoms with Gasteiger partial charge in [0.2, 0.25) is 5.91 Å². The summed E-state index contributed by atoms with van der Waals surface area (Å²) in [5, 5.41) is 0. The SMILES string of the molecule is CC(N)C(=O)N1CCC2C(CCCN2Cc2ccccc2)C1. The number of amides is 1. The summed E-state index contributed by atoms with van der Waals surface area (Å²) < 4.78 is 0. The summed E-state index contributed by atoms with van der Waals surface area (Å²) in [7, 11) is 0. The zero-order valence-electron chi connectivity index (χ0n) is 13.4. The van der Waals surface area contributed by atoms with Gasteiger partial charge in [-0.1, -0.05) is 30.3 Å². The van der Waals surface area contributed by atoms with Crippen LogP contribution >= 0.6 is 0 Å². The predicted molar refractivity (Wildman–Crippen MR) is 88.2 cm³/mol. The van der Waals surface area contributed by atoms with Gasteiger partial charge in [-0.2, -0.15) is 0 Å². The maximum absolute atomic E-state index is 12.1. The lowest BCUT2D eigenvalue weighted by atomic mass is 9.83. The molecule has 2 fully saturated rings. The highest BCUT2D eigenvalue weighted by atomic mass is 16.2. The van der Waals surface area contributed by atoms with Crippen LogP contribution in [0.25, 0.3) is 0 Å². The Morgan fingerprint density at radius 3 is 2.77 bits per heavy atom. The molecule has 2 heterocycles. The highest BCUT2D eigenvalue weighted by molar-refractivity contribution is 5.81. The van der Waals surface area contributed by atoms with E-state index >= 15 is 0 Å². The van der Waals surface area contributed by atoms with Gasteiger partial charge in [0.25, 0.3) is 0 Å². The topological polar surface area (TPSA) is 49.6 Å². The Morgan fingerprint density at radius 2 is 2.05 bits per heavy atom. The maximum Gasteiger partial charge on any atom is 0.239 e. The minimum absolute atomic E-state index is 0.110. The Balaban J connectivity index is 1.64. The summed E-state index contributed by atoms with van der Waals surface area (Å²) >= 11 is 0. The van der Waals surface area contributed by atoms with Gasteiger partial charge < -0.3 is 10.6 Å². The molecule has 1 amide bonds. The number of carbonyl (C=O) groups is 1. The number of likely N-dealkylation sites (tertiary alicyclic amines) is 2. The number of carbonyl (C=O) groups excluding carboxylic acids is 1. The second-order valence-corrected chi connectivity index (χ2v) is 6.79. The average Bonchev–Trinajstić information content (AvgIpc) is 2.55. The van der Waals surface area contributed by atoms with Crippen LogP contribution in [0.4, 0.5) is 0 Å². The molecule has 0 bridgehead atoms. The van der Waals surface area contributed by atoms with Crippen molar-refractivity contribution in [1.82, 2.24) is 9.80 Å². The standard InChI is InChI=1S/C18H27N3O/c1-14(19)18(22)21-11-9-17-16(13-21)8-5-10-20(17)12-15-6-3-2-4-7-15/h2-4,6-7,14,16-17H,5,8-13,19H2,1H3. The Labute approximate surface area is 133 Å². The first kappa shape index (κ1) is 15.5. The number of hydrogen-bond acceptors (Lipinski definition) is 3. The van der Waals surface area contributed by atoms with Crippen molar-refractivity contribution in [2.75, 3.05) is 19.6 Å². The van der Waals surface area contributed by atoms with E-state index in [4.69, 9.17) is 5.73 Å². The van der Waals surface area contributed by atoms with Crippen LogP contribution in [0.2, 0.25) is 0 Å². The van der Waals surface area contributed by atoms with Gasteiger partial charge in [0.1, 0.15) is 0 Å². The third kappa shape index (κ3) is 3.33. The molecular formula is C18H27N3O. The fourth-order valence-electron chi connectivity index (χ4n) is 4.01. The molecule has 3 unspecified atom stereocenters. The first-order valence-corrected chi connectivity index (χ1v) is 8.47. The third-order valence-electron chi connectivity index (χ3n) is 5.11. The first-order valence-electron chi connectivity index (χ1n) is 8.47. The molecule has 0 spiro atoms. The van der Waals surface area contributed by atoms with Crippen LogP contribution in [0.1, 0.15) is 31.7 Å². The van der Waals surface area contributed by atoms with E-state index in [9.17, 15) is 4.79 Å². The Hall–Kier alpha value is -1.39. The molecule has 22 heavy (non-hydrogen) atoms. The number of nitrogens with zero attached hydrogens (tertiary/aromatic N) is 2. The van der Waals surface area contributed by atoms with Crippen LogP contribution in [0.15, 0.2) is 30.3 Å². The lowest BCUT2D eigenvalue weighted by molar-refractivity contribution is -0.136. The van der Waals surface area contributed by atoms with E-state index in [1.54, 1.807) is 6.92 Å². The molecule has 120 valence electrons. The number of nitrogens with two attached hydrogens (primary N) is 1. The van der Waals surface area contributed by atoms with Crippen molar-refractivity contribution >= 4 is 5.91 Å². The zero-order valence-corrected chi connectivity index (χ0v) is 13.4. The molecule has 2 aliphatic rings. The smallest absolute Gasteiger partial charge is 0.239 e. The molecule has 4 nitrogen and oxygen atoms in total. The fraction of sp³-hybridized carbons (Fsp3) is 0.611. The van der Waals surface area contributed by atoms with E-state index in [0.29, 0.717) is 12.0 Å².